The Labute approximate surface area is 121 Å². The first-order valence-corrected chi connectivity index (χ1v) is 5.91. The molecule has 1 aliphatic heterocycles. The summed E-state index contributed by atoms with van der Waals surface area (Å²) in [6.45, 7) is 0.474. The van der Waals surface area contributed by atoms with Crippen molar-refractivity contribution in [3.8, 4) is 5.75 Å². The van der Waals surface area contributed by atoms with Gasteiger partial charge < -0.3 is 14.8 Å². The second-order valence-electron chi connectivity index (χ2n) is 4.03. The molecule has 0 spiro atoms. The van der Waals surface area contributed by atoms with Crippen LogP contribution in [0.3, 0.4) is 0 Å². The summed E-state index contributed by atoms with van der Waals surface area (Å²) in [5.74, 6) is -0.710. The molecule has 0 saturated carbocycles. The monoisotopic (exact) mass is 309 g/mol. The highest BCUT2D eigenvalue weighted by molar-refractivity contribution is 6.30. The third-order valence-electron chi connectivity index (χ3n) is 2.76. The van der Waals surface area contributed by atoms with E-state index in [0.29, 0.717) is 18.0 Å². The van der Waals surface area contributed by atoms with Gasteiger partial charge in [-0.25, -0.2) is 4.39 Å². The molecule has 0 bridgehead atoms. The fourth-order valence-corrected chi connectivity index (χ4v) is 2.02. The molecule has 1 heterocycles. The first-order valence-electron chi connectivity index (χ1n) is 5.53. The number of ether oxygens (including phenoxy) is 2. The third kappa shape index (κ3) is 3.96. The lowest BCUT2D eigenvalue weighted by atomic mass is 10.2. The zero-order valence-corrected chi connectivity index (χ0v) is 11.8. The molecule has 4 nitrogen and oxygen atoms in total. The number of halogens is 3. The topological polar surface area (TPSA) is 47.6 Å². The second-order valence-corrected chi connectivity index (χ2v) is 4.47. The van der Waals surface area contributed by atoms with Gasteiger partial charge in [-0.05, 0) is 18.2 Å². The summed E-state index contributed by atoms with van der Waals surface area (Å²) in [6.07, 6.45) is 0.194. The van der Waals surface area contributed by atoms with Crippen molar-refractivity contribution < 1.29 is 18.7 Å². The molecule has 0 radical (unpaired) electrons. The summed E-state index contributed by atoms with van der Waals surface area (Å²) in [5.41, 5.74) is 0. The number of esters is 1. The van der Waals surface area contributed by atoms with Gasteiger partial charge in [0.2, 0.25) is 0 Å². The molecule has 106 valence electrons. The van der Waals surface area contributed by atoms with E-state index in [1.54, 1.807) is 6.07 Å². The first-order chi connectivity index (χ1) is 8.60. The van der Waals surface area contributed by atoms with Gasteiger partial charge in [0, 0.05) is 18.0 Å². The van der Waals surface area contributed by atoms with Crippen LogP contribution >= 0.6 is 24.0 Å². The van der Waals surface area contributed by atoms with Crippen LogP contribution in [0.5, 0.6) is 5.75 Å². The maximum absolute atomic E-state index is 13.5. The van der Waals surface area contributed by atoms with Crippen LogP contribution in [0.15, 0.2) is 18.2 Å². The van der Waals surface area contributed by atoms with Crippen LogP contribution in [0.25, 0.3) is 0 Å². The zero-order chi connectivity index (χ0) is 13.1. The molecular formula is C12H14Cl2FNO3. The quantitative estimate of drug-likeness (QED) is 0.870. The van der Waals surface area contributed by atoms with E-state index in [-0.39, 0.29) is 30.2 Å². The number of nitrogens with one attached hydrogen (secondary N) is 1. The van der Waals surface area contributed by atoms with Crippen molar-refractivity contribution in [1.82, 2.24) is 5.32 Å². The second kappa shape index (κ2) is 6.93. The molecule has 0 aromatic heterocycles. The van der Waals surface area contributed by atoms with Crippen LogP contribution < -0.4 is 10.1 Å². The summed E-state index contributed by atoms with van der Waals surface area (Å²) in [5, 5.41) is 3.28. The van der Waals surface area contributed by atoms with Crippen molar-refractivity contribution in [2.24, 2.45) is 0 Å². The smallest absolute Gasteiger partial charge is 0.323 e. The number of hydrogen-bond acceptors (Lipinski definition) is 4. The fourth-order valence-electron chi connectivity index (χ4n) is 1.87. The maximum atomic E-state index is 13.5. The molecule has 0 aliphatic carbocycles. The van der Waals surface area contributed by atoms with E-state index in [0.717, 1.165) is 0 Å². The van der Waals surface area contributed by atoms with Gasteiger partial charge in [0.25, 0.3) is 0 Å². The van der Waals surface area contributed by atoms with Gasteiger partial charge in [-0.1, -0.05) is 11.6 Å². The van der Waals surface area contributed by atoms with E-state index >= 15 is 0 Å². The third-order valence-corrected chi connectivity index (χ3v) is 3.00. The Morgan fingerprint density at radius 1 is 1.53 bits per heavy atom. The summed E-state index contributed by atoms with van der Waals surface area (Å²) >= 11 is 5.65. The average Bonchev–Trinajstić information content (AvgIpc) is 2.80. The Bertz CT molecular complexity index is 459. The number of benzene rings is 1. The van der Waals surface area contributed by atoms with Gasteiger partial charge in [0.1, 0.15) is 12.1 Å². The van der Waals surface area contributed by atoms with Crippen molar-refractivity contribution in [2.75, 3.05) is 13.7 Å². The Balaban J connectivity index is 0.00000180. The van der Waals surface area contributed by atoms with E-state index in [1.807, 2.05) is 0 Å². The highest BCUT2D eigenvalue weighted by Gasteiger charge is 2.31. The number of carbonyl (C=O) groups is 1. The molecule has 2 unspecified atom stereocenters. The van der Waals surface area contributed by atoms with Gasteiger partial charge in [-0.2, -0.15) is 0 Å². The molecule has 1 aromatic carbocycles. The standard InChI is InChI=1S/C12H13ClFNO3.ClH/c1-17-12(16)10-5-8(6-15-10)18-11-3-2-7(13)4-9(11)14;/h2-4,8,10,15H,5-6H2,1H3;1H. The fraction of sp³-hybridized carbons (Fsp3) is 0.417. The van der Waals surface area contributed by atoms with E-state index < -0.39 is 11.9 Å². The van der Waals surface area contributed by atoms with Gasteiger partial charge in [0.15, 0.2) is 11.6 Å². The van der Waals surface area contributed by atoms with E-state index in [1.165, 1.54) is 19.2 Å². The Hall–Kier alpha value is -1.04. The van der Waals surface area contributed by atoms with Crippen molar-refractivity contribution in [1.29, 1.82) is 0 Å². The van der Waals surface area contributed by atoms with Gasteiger partial charge in [-0.15, -0.1) is 12.4 Å². The Kier molecular flexibility index (Phi) is 5.85. The van der Waals surface area contributed by atoms with Gasteiger partial charge in [0.05, 0.1) is 7.11 Å². The number of methoxy groups -OCH3 is 1. The molecule has 2 atom stereocenters. The van der Waals surface area contributed by atoms with Crippen LogP contribution in [-0.4, -0.2) is 31.8 Å². The number of hydrogen-bond donors (Lipinski definition) is 1. The lowest BCUT2D eigenvalue weighted by Gasteiger charge is -2.13. The van der Waals surface area contributed by atoms with E-state index in [4.69, 9.17) is 16.3 Å². The van der Waals surface area contributed by atoms with Crippen molar-refractivity contribution >= 4 is 30.0 Å². The van der Waals surface area contributed by atoms with Crippen molar-refractivity contribution in [3.63, 3.8) is 0 Å². The minimum Gasteiger partial charge on any atom is -0.486 e. The van der Waals surface area contributed by atoms with Crippen LogP contribution in [0.2, 0.25) is 5.02 Å². The predicted octanol–water partition coefficient (Wildman–Crippen LogP) is 2.18. The molecule has 1 N–H and O–H groups in total. The molecular weight excluding hydrogens is 296 g/mol. The molecule has 2 rings (SSSR count). The molecule has 7 heteroatoms. The molecule has 1 aliphatic rings. The summed E-state index contributed by atoms with van der Waals surface area (Å²) in [7, 11) is 1.33. The normalized spacial score (nSPS) is 21.6. The number of carbonyl (C=O) groups excluding carboxylic acids is 1. The highest BCUT2D eigenvalue weighted by Crippen LogP contribution is 2.24. The van der Waals surface area contributed by atoms with Crippen LogP contribution in [-0.2, 0) is 9.53 Å². The predicted molar refractivity (Wildman–Crippen MR) is 71.5 cm³/mol. The summed E-state index contributed by atoms with van der Waals surface area (Å²) < 4.78 is 23.6. The van der Waals surface area contributed by atoms with E-state index in [9.17, 15) is 9.18 Å². The average molecular weight is 310 g/mol. The van der Waals surface area contributed by atoms with Gasteiger partial charge >= 0.3 is 5.97 Å². The Morgan fingerprint density at radius 3 is 2.89 bits per heavy atom. The van der Waals surface area contributed by atoms with Crippen molar-refractivity contribution in [3.05, 3.63) is 29.0 Å². The summed E-state index contributed by atoms with van der Waals surface area (Å²) in [4.78, 5) is 11.3. The minimum absolute atomic E-state index is 0. The van der Waals surface area contributed by atoms with Crippen LogP contribution in [0.4, 0.5) is 4.39 Å². The van der Waals surface area contributed by atoms with Crippen LogP contribution in [0.1, 0.15) is 6.42 Å². The summed E-state index contributed by atoms with van der Waals surface area (Å²) in [6, 6.07) is 3.83. The van der Waals surface area contributed by atoms with Gasteiger partial charge in [-0.3, -0.25) is 4.79 Å². The maximum Gasteiger partial charge on any atom is 0.323 e. The molecule has 1 aromatic rings. The first kappa shape index (κ1) is 16.0. The largest absolute Gasteiger partial charge is 0.486 e. The lowest BCUT2D eigenvalue weighted by Crippen LogP contribution is -2.31. The Morgan fingerprint density at radius 2 is 2.26 bits per heavy atom. The number of rotatable bonds is 3. The SMILES string of the molecule is COC(=O)C1CC(Oc2ccc(Cl)cc2F)CN1.Cl. The van der Waals surface area contributed by atoms with E-state index in [2.05, 4.69) is 10.1 Å². The highest BCUT2D eigenvalue weighted by atomic mass is 35.5. The van der Waals surface area contributed by atoms with Crippen molar-refractivity contribution in [2.45, 2.75) is 18.6 Å². The molecule has 1 fully saturated rings. The lowest BCUT2D eigenvalue weighted by molar-refractivity contribution is -0.142. The molecule has 0 amide bonds. The molecule has 1 saturated heterocycles. The molecule has 19 heavy (non-hydrogen) atoms. The minimum atomic E-state index is -0.510. The van der Waals surface area contributed by atoms with Crippen LogP contribution in [0, 0.1) is 5.82 Å². The zero-order valence-electron chi connectivity index (χ0n) is 10.2.